The van der Waals surface area contributed by atoms with Gasteiger partial charge in [-0.25, -0.2) is 4.39 Å². The van der Waals surface area contributed by atoms with Crippen LogP contribution in [0, 0.1) is 0 Å². The summed E-state index contributed by atoms with van der Waals surface area (Å²) < 4.78 is 36.3. The number of hydrogen-bond donors (Lipinski definition) is 3. The molecule has 3 N–H and O–H groups in total. The monoisotopic (exact) mass is 338 g/mol. The van der Waals surface area contributed by atoms with Gasteiger partial charge in [-0.1, -0.05) is 13.8 Å². The Morgan fingerprint density at radius 2 is 1.91 bits per heavy atom. The molecule has 22 heavy (non-hydrogen) atoms. The van der Waals surface area contributed by atoms with Crippen LogP contribution in [0.5, 0.6) is 0 Å². The lowest BCUT2D eigenvalue weighted by molar-refractivity contribution is -0.0433. The summed E-state index contributed by atoms with van der Waals surface area (Å²) in [4.78, 5) is 10.0. The minimum absolute atomic E-state index is 0.0247. The van der Waals surface area contributed by atoms with Crippen molar-refractivity contribution < 1.29 is 33.3 Å². The van der Waals surface area contributed by atoms with Crippen LogP contribution >= 0.6 is 7.60 Å². The van der Waals surface area contributed by atoms with Crippen molar-refractivity contribution >= 4 is 15.4 Å². The molecule has 0 aliphatic carbocycles. The molecule has 0 amide bonds. The molecular formula is C13H25BFO6P. The molecule has 0 spiro atoms. The van der Waals surface area contributed by atoms with Crippen LogP contribution in [-0.2, 0) is 13.8 Å². The molecule has 1 rings (SSSR count). The Bertz CT molecular complexity index is 437. The second-order valence-corrected chi connectivity index (χ2v) is 8.45. The SMILES string of the molecule is [B][C@@H]1O[C@H](CC(C)(CC)OP(=O)(O)[C@@](C)(O)CC)[C@@H](O)[C@H]1F. The van der Waals surface area contributed by atoms with Crippen molar-refractivity contribution in [2.24, 2.45) is 0 Å². The van der Waals surface area contributed by atoms with Gasteiger partial charge >= 0.3 is 7.60 Å². The molecule has 0 aromatic carbocycles. The van der Waals surface area contributed by atoms with Gasteiger partial charge in [0.2, 0.25) is 0 Å². The van der Waals surface area contributed by atoms with Crippen LogP contribution < -0.4 is 0 Å². The van der Waals surface area contributed by atoms with Crippen molar-refractivity contribution in [2.45, 2.75) is 82.3 Å². The maximum Gasteiger partial charge on any atom is 0.359 e. The Balaban J connectivity index is 2.87. The fourth-order valence-electron chi connectivity index (χ4n) is 2.19. The van der Waals surface area contributed by atoms with E-state index in [1.165, 1.54) is 6.92 Å². The van der Waals surface area contributed by atoms with Gasteiger partial charge in [-0.2, -0.15) is 0 Å². The largest absolute Gasteiger partial charge is 0.387 e. The molecular weight excluding hydrogens is 313 g/mol. The first-order chi connectivity index (χ1) is 9.89. The zero-order valence-electron chi connectivity index (χ0n) is 13.4. The molecule has 9 heteroatoms. The molecule has 6 nitrogen and oxygen atoms in total. The van der Waals surface area contributed by atoms with Gasteiger partial charge in [0, 0.05) is 6.42 Å². The van der Waals surface area contributed by atoms with Gasteiger partial charge in [0.05, 0.1) is 17.7 Å². The topological polar surface area (TPSA) is 96.2 Å². The van der Waals surface area contributed by atoms with Gasteiger partial charge in [-0.15, -0.1) is 0 Å². The lowest BCUT2D eigenvalue weighted by Crippen LogP contribution is -2.39. The van der Waals surface area contributed by atoms with Crippen LogP contribution in [0.25, 0.3) is 0 Å². The number of hydrogen-bond acceptors (Lipinski definition) is 5. The Kier molecular flexibility index (Phi) is 6.27. The number of ether oxygens (including phenoxy) is 1. The molecule has 2 radical (unpaired) electrons. The average molecular weight is 338 g/mol. The van der Waals surface area contributed by atoms with Crippen LogP contribution in [0.1, 0.15) is 47.0 Å². The summed E-state index contributed by atoms with van der Waals surface area (Å²) in [5, 5.41) is 17.9. The summed E-state index contributed by atoms with van der Waals surface area (Å²) in [6, 6.07) is -1.24. The van der Waals surface area contributed by atoms with Gasteiger partial charge in [0.25, 0.3) is 0 Å². The Morgan fingerprint density at radius 1 is 1.36 bits per heavy atom. The molecule has 1 saturated heterocycles. The minimum atomic E-state index is -4.35. The summed E-state index contributed by atoms with van der Waals surface area (Å²) in [6.07, 6.45) is -3.78. The summed E-state index contributed by atoms with van der Waals surface area (Å²) in [5.41, 5.74) is -1.18. The molecule has 128 valence electrons. The Hall–Kier alpha value is 0.0249. The van der Waals surface area contributed by atoms with E-state index in [1.54, 1.807) is 20.8 Å². The molecule has 1 heterocycles. The third-order valence-corrected chi connectivity index (χ3v) is 6.58. The first-order valence-corrected chi connectivity index (χ1v) is 8.96. The van der Waals surface area contributed by atoms with Crippen LogP contribution in [0.3, 0.4) is 0 Å². The van der Waals surface area contributed by atoms with Crippen LogP contribution in [0.15, 0.2) is 0 Å². The molecule has 0 saturated carbocycles. The first kappa shape index (κ1) is 20.1. The van der Waals surface area contributed by atoms with Crippen molar-refractivity contribution in [2.75, 3.05) is 0 Å². The van der Waals surface area contributed by atoms with E-state index in [4.69, 9.17) is 17.1 Å². The molecule has 7 atom stereocenters. The lowest BCUT2D eigenvalue weighted by atomic mass is 9.90. The summed E-state index contributed by atoms with van der Waals surface area (Å²) >= 11 is 0. The van der Waals surface area contributed by atoms with E-state index in [-0.39, 0.29) is 12.8 Å². The fraction of sp³-hybridized carbons (Fsp3) is 1.00. The highest BCUT2D eigenvalue weighted by molar-refractivity contribution is 7.54. The van der Waals surface area contributed by atoms with Crippen molar-refractivity contribution in [3.8, 4) is 0 Å². The first-order valence-electron chi connectivity index (χ1n) is 7.38. The molecule has 1 fully saturated rings. The van der Waals surface area contributed by atoms with Gasteiger partial charge in [0.15, 0.2) is 5.34 Å². The van der Waals surface area contributed by atoms with Crippen molar-refractivity contribution in [3.05, 3.63) is 0 Å². The van der Waals surface area contributed by atoms with Crippen molar-refractivity contribution in [1.82, 2.24) is 0 Å². The molecule has 1 aliphatic heterocycles. The summed E-state index contributed by atoms with van der Waals surface area (Å²) in [6.45, 7) is 6.05. The van der Waals surface area contributed by atoms with Gasteiger partial charge in [-0.3, -0.25) is 4.57 Å². The molecule has 2 unspecified atom stereocenters. The number of aliphatic hydroxyl groups excluding tert-OH is 1. The Morgan fingerprint density at radius 3 is 2.27 bits per heavy atom. The van der Waals surface area contributed by atoms with E-state index in [2.05, 4.69) is 0 Å². The second kappa shape index (κ2) is 6.87. The molecule has 0 bridgehead atoms. The summed E-state index contributed by atoms with van der Waals surface area (Å²) in [5.74, 6) is 0. The number of aliphatic hydroxyl groups is 2. The number of rotatable bonds is 7. The third kappa shape index (κ3) is 4.10. The second-order valence-electron chi connectivity index (χ2n) is 6.26. The van der Waals surface area contributed by atoms with E-state index in [0.717, 1.165) is 0 Å². The fourth-order valence-corrected chi connectivity index (χ4v) is 3.59. The molecule has 0 aromatic rings. The van der Waals surface area contributed by atoms with Crippen LogP contribution in [0.4, 0.5) is 4.39 Å². The molecule has 1 aliphatic rings. The van der Waals surface area contributed by atoms with Gasteiger partial charge in [0.1, 0.15) is 20.1 Å². The summed E-state index contributed by atoms with van der Waals surface area (Å²) in [7, 11) is 1.05. The zero-order valence-corrected chi connectivity index (χ0v) is 14.3. The normalized spacial score (nSPS) is 37.3. The van der Waals surface area contributed by atoms with E-state index >= 15 is 0 Å². The quantitative estimate of drug-likeness (QED) is 0.480. The predicted molar refractivity (Wildman–Crippen MR) is 80.5 cm³/mol. The lowest BCUT2D eigenvalue weighted by Gasteiger charge is -2.37. The Labute approximate surface area is 132 Å². The predicted octanol–water partition coefficient (Wildman–Crippen LogP) is 1.46. The average Bonchev–Trinajstić information content (AvgIpc) is 2.65. The van der Waals surface area contributed by atoms with Crippen molar-refractivity contribution in [3.63, 3.8) is 0 Å². The maximum atomic E-state index is 13.5. The van der Waals surface area contributed by atoms with E-state index in [9.17, 15) is 24.1 Å². The zero-order chi connectivity index (χ0) is 17.3. The maximum absolute atomic E-state index is 13.5. The van der Waals surface area contributed by atoms with Crippen LogP contribution in [-0.4, -0.2) is 58.3 Å². The van der Waals surface area contributed by atoms with E-state index in [1.807, 2.05) is 0 Å². The van der Waals surface area contributed by atoms with Crippen molar-refractivity contribution in [1.29, 1.82) is 0 Å². The standard InChI is InChI=1S/C13H25BFO6P/c1-5-12(3,21-22(18,19)13(4,17)6-2)7-8-10(16)9(15)11(14)20-8/h8-11,16-17H,5-7H2,1-4H3,(H,18,19)/t8-,9-,10-,11-,12?,13-/m1/s1. The number of alkyl halides is 1. The van der Waals surface area contributed by atoms with Gasteiger partial charge < -0.3 is 24.4 Å². The van der Waals surface area contributed by atoms with Crippen LogP contribution in [0.2, 0.25) is 0 Å². The minimum Gasteiger partial charge on any atom is -0.387 e. The highest BCUT2D eigenvalue weighted by Crippen LogP contribution is 2.59. The number of halogens is 1. The third-order valence-electron chi connectivity index (χ3n) is 4.36. The molecule has 0 aromatic heterocycles. The van der Waals surface area contributed by atoms with E-state index < -0.39 is 42.9 Å². The smallest absolute Gasteiger partial charge is 0.359 e. The highest BCUT2D eigenvalue weighted by Gasteiger charge is 2.49. The van der Waals surface area contributed by atoms with E-state index in [0.29, 0.717) is 6.42 Å². The highest BCUT2D eigenvalue weighted by atomic mass is 31.2. The van der Waals surface area contributed by atoms with Gasteiger partial charge in [-0.05, 0) is 26.7 Å².